The first-order chi connectivity index (χ1) is 17.2. The van der Waals surface area contributed by atoms with Crippen molar-refractivity contribution in [2.24, 2.45) is 11.1 Å². The summed E-state index contributed by atoms with van der Waals surface area (Å²) in [6.45, 7) is 1.98. The summed E-state index contributed by atoms with van der Waals surface area (Å²) in [7, 11) is 0. The van der Waals surface area contributed by atoms with E-state index in [9.17, 15) is 4.79 Å². The average Bonchev–Trinajstić information content (AvgIpc) is 3.44. The number of nitrogens with one attached hydrogen (secondary N) is 3. The Morgan fingerprint density at radius 1 is 1.25 bits per heavy atom. The number of nitrogens with two attached hydrogens (primary N) is 2. The van der Waals surface area contributed by atoms with Crippen LogP contribution in [0.3, 0.4) is 0 Å². The zero-order valence-corrected chi connectivity index (χ0v) is 20.7. The molecule has 1 saturated carbocycles. The van der Waals surface area contributed by atoms with E-state index in [1.807, 2.05) is 37.3 Å². The number of hydrogen-bond donors (Lipinski definition) is 5. The Labute approximate surface area is 213 Å². The Kier molecular flexibility index (Phi) is 6.44. The van der Waals surface area contributed by atoms with Crippen LogP contribution < -0.4 is 16.8 Å². The van der Waals surface area contributed by atoms with Gasteiger partial charge in [0.15, 0.2) is 11.6 Å². The van der Waals surface area contributed by atoms with Crippen molar-refractivity contribution in [2.75, 3.05) is 5.73 Å². The van der Waals surface area contributed by atoms with Gasteiger partial charge in [0.25, 0.3) is 0 Å². The summed E-state index contributed by atoms with van der Waals surface area (Å²) >= 11 is 6.52. The zero-order chi connectivity index (χ0) is 25.4. The molecule has 5 rings (SSSR count). The molecule has 0 radical (unpaired) electrons. The number of aromatic nitrogens is 4. The van der Waals surface area contributed by atoms with E-state index in [1.165, 1.54) is 0 Å². The number of nitrogen functional groups attached to an aromatic ring is 1. The van der Waals surface area contributed by atoms with Gasteiger partial charge in [-0.15, -0.1) is 0 Å². The fourth-order valence-corrected chi connectivity index (χ4v) is 5.11. The third-order valence-corrected chi connectivity index (χ3v) is 7.51. The second-order valence-electron chi connectivity index (χ2n) is 9.86. The number of anilines is 1. The first-order valence-electron chi connectivity index (χ1n) is 12.0. The van der Waals surface area contributed by atoms with Crippen molar-refractivity contribution in [3.63, 3.8) is 0 Å². The van der Waals surface area contributed by atoms with Crippen LogP contribution in [0.1, 0.15) is 50.0 Å². The van der Waals surface area contributed by atoms with Gasteiger partial charge in [-0.05, 0) is 49.8 Å². The number of carbonyl (C=O) groups excluding carboxylic acids is 1. The Hall–Kier alpha value is -3.43. The maximum atomic E-state index is 15.3. The topological polar surface area (TPSA) is 138 Å². The second kappa shape index (κ2) is 9.55. The average molecular weight is 510 g/mol. The van der Waals surface area contributed by atoms with Gasteiger partial charge in [-0.1, -0.05) is 48.9 Å². The van der Waals surface area contributed by atoms with Crippen LogP contribution in [0.25, 0.3) is 22.2 Å². The highest BCUT2D eigenvalue weighted by atomic mass is 35.5. The molecule has 4 aromatic rings. The molecule has 7 N–H and O–H groups in total. The molecule has 2 aromatic heterocycles. The van der Waals surface area contributed by atoms with Crippen LogP contribution >= 0.6 is 11.6 Å². The lowest BCUT2D eigenvalue weighted by Crippen LogP contribution is -2.45. The highest BCUT2D eigenvalue weighted by Crippen LogP contribution is 2.37. The van der Waals surface area contributed by atoms with Crippen molar-refractivity contribution >= 4 is 34.2 Å². The van der Waals surface area contributed by atoms with Gasteiger partial charge in [-0.2, -0.15) is 5.10 Å². The standard InChI is InChI=1S/C26H29ClFN7O/c1-26(11-9-15(29)10-12-26)25(36)31-18(13-14-5-3-2-4-6-14)24-32-21(22(27)33-24)16-7-8-17-20(19(16)28)34-35-23(17)30/h2-8,15,18H,9-13,29H2,1H3,(H,31,36)(H,32,33)(H3,30,34,35)/t15?,18-,26?/m0/s1. The highest BCUT2D eigenvalue weighted by molar-refractivity contribution is 6.32. The number of nitrogens with zero attached hydrogens (tertiary/aromatic N) is 2. The first-order valence-corrected chi connectivity index (χ1v) is 12.4. The molecule has 1 aliphatic carbocycles. The Bertz CT molecular complexity index is 1390. The molecule has 1 aliphatic rings. The van der Waals surface area contributed by atoms with Crippen LogP contribution in [0.5, 0.6) is 0 Å². The molecular weight excluding hydrogens is 481 g/mol. The van der Waals surface area contributed by atoms with E-state index in [4.69, 9.17) is 23.1 Å². The van der Waals surface area contributed by atoms with Gasteiger partial charge >= 0.3 is 0 Å². The molecule has 188 valence electrons. The molecule has 0 unspecified atom stereocenters. The molecule has 0 spiro atoms. The van der Waals surface area contributed by atoms with Crippen LogP contribution in [0, 0.1) is 11.2 Å². The van der Waals surface area contributed by atoms with Gasteiger partial charge in [0.05, 0.1) is 6.04 Å². The number of H-pyrrole nitrogens is 2. The molecule has 8 nitrogen and oxygen atoms in total. The van der Waals surface area contributed by atoms with E-state index in [0.29, 0.717) is 17.6 Å². The molecule has 1 fully saturated rings. The Balaban J connectivity index is 1.48. The predicted molar refractivity (Wildman–Crippen MR) is 139 cm³/mol. The van der Waals surface area contributed by atoms with Crippen LogP contribution in [-0.4, -0.2) is 32.1 Å². The molecule has 36 heavy (non-hydrogen) atoms. The molecule has 0 aliphatic heterocycles. The van der Waals surface area contributed by atoms with Crippen LogP contribution in [0.2, 0.25) is 5.15 Å². The number of imidazole rings is 1. The van der Waals surface area contributed by atoms with E-state index in [1.54, 1.807) is 12.1 Å². The van der Waals surface area contributed by atoms with Gasteiger partial charge in [-0.3, -0.25) is 9.89 Å². The summed E-state index contributed by atoms with van der Waals surface area (Å²) < 4.78 is 15.3. The van der Waals surface area contributed by atoms with E-state index in [-0.39, 0.29) is 39.7 Å². The third-order valence-electron chi connectivity index (χ3n) is 7.24. The van der Waals surface area contributed by atoms with E-state index in [2.05, 4.69) is 25.5 Å². The van der Waals surface area contributed by atoms with Crippen molar-refractivity contribution in [1.29, 1.82) is 0 Å². The summed E-state index contributed by atoms with van der Waals surface area (Å²) in [6.07, 6.45) is 3.55. The minimum atomic E-state index is -0.550. The van der Waals surface area contributed by atoms with Gasteiger partial charge in [0.1, 0.15) is 22.2 Å². The lowest BCUT2D eigenvalue weighted by molar-refractivity contribution is -0.132. The zero-order valence-electron chi connectivity index (χ0n) is 19.9. The summed E-state index contributed by atoms with van der Waals surface area (Å²) in [5, 5.41) is 10.3. The van der Waals surface area contributed by atoms with E-state index >= 15 is 4.39 Å². The lowest BCUT2D eigenvalue weighted by atomic mass is 9.73. The smallest absolute Gasteiger partial charge is 0.226 e. The predicted octanol–water partition coefficient (Wildman–Crippen LogP) is 4.64. The second-order valence-corrected chi connectivity index (χ2v) is 10.2. The van der Waals surface area contributed by atoms with Gasteiger partial charge < -0.3 is 21.8 Å². The molecule has 0 saturated heterocycles. The fraction of sp³-hybridized carbons (Fsp3) is 0.346. The number of rotatable bonds is 6. The molecule has 1 atom stereocenters. The van der Waals surface area contributed by atoms with Crippen LogP contribution in [-0.2, 0) is 11.2 Å². The van der Waals surface area contributed by atoms with Crippen molar-refractivity contribution in [1.82, 2.24) is 25.5 Å². The maximum Gasteiger partial charge on any atom is 0.226 e. The largest absolute Gasteiger partial charge is 0.382 e. The summed E-state index contributed by atoms with van der Waals surface area (Å²) in [5.74, 6) is 0.0651. The Morgan fingerprint density at radius 2 is 1.97 bits per heavy atom. The van der Waals surface area contributed by atoms with E-state index in [0.717, 1.165) is 31.2 Å². The molecule has 0 bridgehead atoms. The Morgan fingerprint density at radius 3 is 2.69 bits per heavy atom. The minimum absolute atomic E-state index is 0.0510. The van der Waals surface area contributed by atoms with Gasteiger partial charge in [-0.25, -0.2) is 9.37 Å². The monoisotopic (exact) mass is 509 g/mol. The number of aromatic amines is 2. The van der Waals surface area contributed by atoms with Crippen molar-refractivity contribution in [2.45, 2.75) is 51.1 Å². The first kappa shape index (κ1) is 24.3. The number of fused-ring (bicyclic) bond motifs is 1. The van der Waals surface area contributed by atoms with Crippen molar-refractivity contribution < 1.29 is 9.18 Å². The SMILES string of the molecule is CC1(C(=O)N[C@@H](Cc2ccccc2)c2nc(-c3ccc4c(N)n[nH]c4c3F)c(Cl)[nH]2)CCC(N)CC1. The normalized spacial score (nSPS) is 20.9. The summed E-state index contributed by atoms with van der Waals surface area (Å²) in [4.78, 5) is 21.2. The number of halogens is 2. The highest BCUT2D eigenvalue weighted by Gasteiger charge is 2.38. The van der Waals surface area contributed by atoms with Crippen LogP contribution in [0.4, 0.5) is 10.2 Å². The molecule has 10 heteroatoms. The van der Waals surface area contributed by atoms with Crippen molar-refractivity contribution in [3.05, 3.63) is 64.8 Å². The maximum absolute atomic E-state index is 15.3. The fourth-order valence-electron chi connectivity index (χ4n) is 4.87. The molecule has 2 heterocycles. The van der Waals surface area contributed by atoms with Gasteiger partial charge in [0.2, 0.25) is 5.91 Å². The number of hydrogen-bond acceptors (Lipinski definition) is 5. The third kappa shape index (κ3) is 4.56. The molecular formula is C26H29ClFN7O. The summed E-state index contributed by atoms with van der Waals surface area (Å²) in [6, 6.07) is 12.7. The number of benzene rings is 2. The lowest BCUT2D eigenvalue weighted by Gasteiger charge is -2.35. The minimum Gasteiger partial charge on any atom is -0.382 e. The number of carbonyl (C=O) groups is 1. The number of amides is 1. The molecule has 2 aromatic carbocycles. The summed E-state index contributed by atoms with van der Waals surface area (Å²) in [5.41, 5.74) is 13.0. The van der Waals surface area contributed by atoms with E-state index < -0.39 is 17.3 Å². The van der Waals surface area contributed by atoms with Gasteiger partial charge in [0, 0.05) is 22.4 Å². The quantitative estimate of drug-likeness (QED) is 0.258. The van der Waals surface area contributed by atoms with Crippen molar-refractivity contribution in [3.8, 4) is 11.3 Å². The van der Waals surface area contributed by atoms with Crippen LogP contribution in [0.15, 0.2) is 42.5 Å². The molecule has 1 amide bonds.